The summed E-state index contributed by atoms with van der Waals surface area (Å²) in [5.74, 6) is -1.04. The minimum Gasteiger partial charge on any atom is -0.462 e. The Hall–Kier alpha value is -4.45. The fourth-order valence-corrected chi connectivity index (χ4v) is 8.50. The van der Waals surface area contributed by atoms with E-state index in [1.807, 2.05) is 12.2 Å². The molecule has 0 aromatic carbocycles. The van der Waals surface area contributed by atoms with Crippen LogP contribution in [0, 0.1) is 0 Å². The Morgan fingerprint density at radius 3 is 0.844 bits per heavy atom. The zero-order valence-electron chi connectivity index (χ0n) is 49.9. The number of ether oxygens (including phenoxy) is 3. The van der Waals surface area contributed by atoms with Gasteiger partial charge in [0, 0.05) is 19.3 Å². The van der Waals surface area contributed by atoms with E-state index in [1.165, 1.54) is 116 Å². The number of hydrogen-bond donors (Lipinski definition) is 0. The van der Waals surface area contributed by atoms with Crippen molar-refractivity contribution in [3.05, 3.63) is 134 Å². The number of carbonyl (C=O) groups is 3. The molecular formula is C71H116O6. The van der Waals surface area contributed by atoms with Crippen molar-refractivity contribution in [1.82, 2.24) is 0 Å². The molecule has 6 nitrogen and oxygen atoms in total. The number of allylic oxidation sites excluding steroid dienone is 22. The Kier molecular flexibility index (Phi) is 60.4. The molecule has 0 N–H and O–H groups in total. The number of carbonyl (C=O) groups excluding carboxylic acids is 3. The van der Waals surface area contributed by atoms with Crippen molar-refractivity contribution in [3.63, 3.8) is 0 Å². The lowest BCUT2D eigenvalue weighted by Gasteiger charge is -2.18. The molecular weight excluding hydrogens is 949 g/mol. The van der Waals surface area contributed by atoms with Gasteiger partial charge in [0.2, 0.25) is 0 Å². The van der Waals surface area contributed by atoms with Gasteiger partial charge in [0.05, 0.1) is 0 Å². The highest BCUT2D eigenvalue weighted by Crippen LogP contribution is 2.16. The Labute approximate surface area is 475 Å². The predicted molar refractivity (Wildman–Crippen MR) is 334 cm³/mol. The molecule has 0 saturated heterocycles. The summed E-state index contributed by atoms with van der Waals surface area (Å²) in [6.07, 6.45) is 90.4. The zero-order valence-corrected chi connectivity index (χ0v) is 49.9. The van der Waals surface area contributed by atoms with Crippen LogP contribution in [0.5, 0.6) is 0 Å². The summed E-state index contributed by atoms with van der Waals surface area (Å²) >= 11 is 0. The van der Waals surface area contributed by atoms with Crippen LogP contribution in [0.1, 0.15) is 278 Å². The maximum atomic E-state index is 12.9. The molecule has 0 aromatic heterocycles. The SMILES string of the molecule is CC/C=C\C/C=C\C/C=C\C/C=C\C/C=C\C/C=C\CCC(=O)OC(COC(=O)CCCCC/C=C\C/C=C\C/C=C\C/C=C\C/C=C\CC)COC(=O)CCCCCCCCCCCCCCCCCCCCCCC. The average molecular weight is 1070 g/mol. The molecule has 77 heavy (non-hydrogen) atoms. The van der Waals surface area contributed by atoms with Crippen LogP contribution in [-0.4, -0.2) is 37.2 Å². The minimum atomic E-state index is -0.837. The fraction of sp³-hybridized carbons (Fsp3) is 0.648. The van der Waals surface area contributed by atoms with Crippen LogP contribution in [0.3, 0.4) is 0 Å². The van der Waals surface area contributed by atoms with Crippen LogP contribution in [0.25, 0.3) is 0 Å². The van der Waals surface area contributed by atoms with Crippen LogP contribution < -0.4 is 0 Å². The van der Waals surface area contributed by atoms with Crippen LogP contribution in [0.15, 0.2) is 134 Å². The summed E-state index contributed by atoms with van der Waals surface area (Å²) in [7, 11) is 0. The zero-order chi connectivity index (χ0) is 55.7. The molecule has 0 amide bonds. The first-order valence-electron chi connectivity index (χ1n) is 31.7. The monoisotopic (exact) mass is 1060 g/mol. The molecule has 0 aliphatic heterocycles. The Morgan fingerprint density at radius 1 is 0.273 bits per heavy atom. The van der Waals surface area contributed by atoms with Crippen molar-refractivity contribution in [3.8, 4) is 0 Å². The summed E-state index contributed by atoms with van der Waals surface area (Å²) in [5, 5.41) is 0. The van der Waals surface area contributed by atoms with Crippen molar-refractivity contribution < 1.29 is 28.6 Å². The lowest BCUT2D eigenvalue weighted by Crippen LogP contribution is -2.30. The van der Waals surface area contributed by atoms with Gasteiger partial charge in [-0.25, -0.2) is 0 Å². The molecule has 0 rings (SSSR count). The van der Waals surface area contributed by atoms with E-state index in [1.54, 1.807) is 0 Å². The van der Waals surface area contributed by atoms with E-state index in [0.29, 0.717) is 19.3 Å². The lowest BCUT2D eigenvalue weighted by molar-refractivity contribution is -0.166. The maximum absolute atomic E-state index is 12.9. The van der Waals surface area contributed by atoms with E-state index >= 15 is 0 Å². The highest BCUT2D eigenvalue weighted by molar-refractivity contribution is 5.71. The van der Waals surface area contributed by atoms with E-state index in [0.717, 1.165) is 116 Å². The van der Waals surface area contributed by atoms with Gasteiger partial charge in [0.15, 0.2) is 6.10 Å². The van der Waals surface area contributed by atoms with Gasteiger partial charge in [0.1, 0.15) is 13.2 Å². The molecule has 1 atom stereocenters. The van der Waals surface area contributed by atoms with Gasteiger partial charge in [0.25, 0.3) is 0 Å². The summed E-state index contributed by atoms with van der Waals surface area (Å²) < 4.78 is 16.8. The molecule has 0 aliphatic rings. The van der Waals surface area contributed by atoms with Gasteiger partial charge in [-0.3, -0.25) is 14.4 Å². The molecule has 0 saturated carbocycles. The van der Waals surface area contributed by atoms with E-state index in [-0.39, 0.29) is 31.6 Å². The summed E-state index contributed by atoms with van der Waals surface area (Å²) in [6, 6.07) is 0. The second-order valence-electron chi connectivity index (χ2n) is 20.6. The van der Waals surface area contributed by atoms with E-state index in [4.69, 9.17) is 14.2 Å². The summed E-state index contributed by atoms with van der Waals surface area (Å²) in [6.45, 7) is 6.34. The molecule has 0 heterocycles. The van der Waals surface area contributed by atoms with E-state index in [2.05, 4.69) is 142 Å². The Bertz CT molecular complexity index is 1650. The van der Waals surface area contributed by atoms with Gasteiger partial charge in [-0.1, -0.05) is 289 Å². The normalized spacial score (nSPS) is 13.0. The van der Waals surface area contributed by atoms with Crippen LogP contribution in [-0.2, 0) is 28.6 Å². The Morgan fingerprint density at radius 2 is 0.532 bits per heavy atom. The lowest BCUT2D eigenvalue weighted by atomic mass is 10.0. The number of rotatable bonds is 56. The van der Waals surface area contributed by atoms with Gasteiger partial charge >= 0.3 is 17.9 Å². The van der Waals surface area contributed by atoms with E-state index < -0.39 is 12.1 Å². The van der Waals surface area contributed by atoms with Crippen LogP contribution in [0.4, 0.5) is 0 Å². The third-order valence-electron chi connectivity index (χ3n) is 13.2. The van der Waals surface area contributed by atoms with Gasteiger partial charge < -0.3 is 14.2 Å². The first-order chi connectivity index (χ1) is 38.0. The van der Waals surface area contributed by atoms with Crippen molar-refractivity contribution >= 4 is 17.9 Å². The molecule has 0 aromatic rings. The number of unbranched alkanes of at least 4 members (excludes halogenated alkanes) is 23. The largest absolute Gasteiger partial charge is 0.462 e. The van der Waals surface area contributed by atoms with Crippen molar-refractivity contribution in [1.29, 1.82) is 0 Å². The highest BCUT2D eigenvalue weighted by atomic mass is 16.6. The maximum Gasteiger partial charge on any atom is 0.306 e. The van der Waals surface area contributed by atoms with Crippen LogP contribution in [0.2, 0.25) is 0 Å². The first-order valence-corrected chi connectivity index (χ1v) is 31.7. The third-order valence-corrected chi connectivity index (χ3v) is 13.2. The molecule has 0 radical (unpaired) electrons. The van der Waals surface area contributed by atoms with E-state index in [9.17, 15) is 14.4 Å². The quantitative estimate of drug-likeness (QED) is 0.0261. The van der Waals surface area contributed by atoms with Crippen LogP contribution >= 0.6 is 0 Å². The molecule has 0 fully saturated rings. The molecule has 0 spiro atoms. The van der Waals surface area contributed by atoms with Gasteiger partial charge in [-0.2, -0.15) is 0 Å². The second-order valence-corrected chi connectivity index (χ2v) is 20.6. The van der Waals surface area contributed by atoms with Crippen molar-refractivity contribution in [2.24, 2.45) is 0 Å². The Balaban J connectivity index is 4.53. The fourth-order valence-electron chi connectivity index (χ4n) is 8.50. The third kappa shape index (κ3) is 62.3. The standard InChI is InChI=1S/C71H116O6/c1-4-7-10-13-16-19-22-25-28-31-34-35-38-40-43-46-49-52-55-58-61-64-70(73)76-67-68(77-71(74)65-62-59-56-53-50-47-44-41-37-33-30-27-24-21-18-15-12-9-6-3)66-75-69(72)63-60-57-54-51-48-45-42-39-36-32-29-26-23-20-17-14-11-8-5-2/h8-9,11-12,17-18,20-21,26-27,29-30,36-37,39,41,45,47-48,50,56,59,68H,4-7,10,13-16,19,22-25,28,31-35,38,40,42-44,46,49,51-55,57-58,60-67H2,1-3H3/b11-8-,12-9-,20-17-,21-18-,29-26-,30-27-,39-36-,41-37-,48-45-,50-47-,59-56-. The first kappa shape index (κ1) is 72.5. The van der Waals surface area contributed by atoms with Gasteiger partial charge in [-0.05, 0) is 103 Å². The predicted octanol–water partition coefficient (Wildman–Crippen LogP) is 21.8. The minimum absolute atomic E-state index is 0.121. The number of esters is 3. The van der Waals surface area contributed by atoms with Crippen molar-refractivity contribution in [2.45, 2.75) is 284 Å². The number of hydrogen-bond acceptors (Lipinski definition) is 6. The average Bonchev–Trinajstić information content (AvgIpc) is 3.43. The topological polar surface area (TPSA) is 78.9 Å². The van der Waals surface area contributed by atoms with Gasteiger partial charge in [-0.15, -0.1) is 0 Å². The second kappa shape index (κ2) is 64.1. The molecule has 1 unspecified atom stereocenters. The summed E-state index contributed by atoms with van der Waals surface area (Å²) in [4.78, 5) is 38.3. The summed E-state index contributed by atoms with van der Waals surface area (Å²) in [5.41, 5.74) is 0. The molecule has 436 valence electrons. The van der Waals surface area contributed by atoms with Crippen molar-refractivity contribution in [2.75, 3.05) is 13.2 Å². The molecule has 6 heteroatoms. The molecule has 0 aliphatic carbocycles. The smallest absolute Gasteiger partial charge is 0.306 e. The highest BCUT2D eigenvalue weighted by Gasteiger charge is 2.19. The molecule has 0 bridgehead atoms.